The summed E-state index contributed by atoms with van der Waals surface area (Å²) >= 11 is 0. The standard InChI is InChI=1S/C41H25N3O/c1-2-11-28(12-3-1)39-42-40(33-20-18-27-10-5-7-14-30(27)24-33)44-41(43-39)35-15-8-16-36-38(35)34-22-21-32(25-37(34)45-36)31-19-17-26-9-4-6-13-29(26)23-31/h1-25H/i1D,2D,3D,5D,7D,8D,10D,11D,12D,14D,15D,16D,18D,20D,21D,22D,24D,25D. The monoisotopic (exact) mass is 593 g/mol. The molecule has 0 N–H and O–H groups in total. The molecule has 0 saturated carbocycles. The number of furan rings is 1. The Morgan fingerprint density at radius 3 is 2.11 bits per heavy atom. The highest BCUT2D eigenvalue weighted by Gasteiger charge is 2.18. The Balaban J connectivity index is 1.43. The van der Waals surface area contributed by atoms with E-state index in [-0.39, 0.29) is 28.0 Å². The first-order valence-corrected chi connectivity index (χ1v) is 13.6. The van der Waals surface area contributed by atoms with Crippen molar-refractivity contribution in [1.82, 2.24) is 15.0 Å². The van der Waals surface area contributed by atoms with Crippen LogP contribution in [0.4, 0.5) is 0 Å². The van der Waals surface area contributed by atoms with Crippen LogP contribution in [-0.2, 0) is 0 Å². The third-order valence-corrected chi connectivity index (χ3v) is 7.17. The average molecular weight is 594 g/mol. The first kappa shape index (κ1) is 13.2. The van der Waals surface area contributed by atoms with Gasteiger partial charge >= 0.3 is 0 Å². The van der Waals surface area contributed by atoms with Gasteiger partial charge in [0, 0.05) is 27.5 Å². The first-order valence-electron chi connectivity index (χ1n) is 22.6. The molecule has 4 heteroatoms. The number of aromatic nitrogens is 3. The van der Waals surface area contributed by atoms with Crippen molar-refractivity contribution in [2.75, 3.05) is 0 Å². The zero-order valence-electron chi connectivity index (χ0n) is 40.8. The molecule has 0 spiro atoms. The number of hydrogen-bond acceptors (Lipinski definition) is 4. The molecule has 7 aromatic carbocycles. The van der Waals surface area contributed by atoms with Crippen LogP contribution in [0.25, 0.3) is 88.8 Å². The molecule has 0 aliphatic carbocycles. The molecule has 0 aliphatic heterocycles. The van der Waals surface area contributed by atoms with Gasteiger partial charge in [0.15, 0.2) is 17.5 Å². The van der Waals surface area contributed by atoms with Crippen LogP contribution in [0, 0.1) is 0 Å². The molecule has 0 bridgehead atoms. The van der Waals surface area contributed by atoms with Gasteiger partial charge in [-0.15, -0.1) is 0 Å². The first-order chi connectivity index (χ1) is 29.8. The minimum atomic E-state index is -0.804. The lowest BCUT2D eigenvalue weighted by molar-refractivity contribution is 0.669. The molecule has 210 valence electrons. The number of nitrogens with zero attached hydrogens (tertiary/aromatic N) is 3. The van der Waals surface area contributed by atoms with Gasteiger partial charge in [-0.1, -0.05) is 121 Å². The fourth-order valence-corrected chi connectivity index (χ4v) is 5.07. The van der Waals surface area contributed by atoms with E-state index in [1.807, 2.05) is 24.3 Å². The van der Waals surface area contributed by atoms with Crippen LogP contribution in [-0.4, -0.2) is 15.0 Å². The van der Waals surface area contributed by atoms with Gasteiger partial charge in [0.2, 0.25) is 0 Å². The van der Waals surface area contributed by atoms with E-state index < -0.39 is 153 Å². The van der Waals surface area contributed by atoms with E-state index in [9.17, 15) is 5.48 Å². The predicted octanol–water partition coefficient (Wildman–Crippen LogP) is 10.7. The maximum absolute atomic E-state index is 9.30. The number of hydrogen-bond donors (Lipinski definition) is 0. The summed E-state index contributed by atoms with van der Waals surface area (Å²) in [4.78, 5) is 13.2. The zero-order chi connectivity index (χ0) is 45.4. The van der Waals surface area contributed by atoms with Crippen molar-refractivity contribution in [1.29, 1.82) is 0 Å². The van der Waals surface area contributed by atoms with Crippen molar-refractivity contribution in [3.63, 3.8) is 0 Å². The minimum absolute atomic E-state index is 0.0138. The fraction of sp³-hybridized carbons (Fsp3) is 0. The van der Waals surface area contributed by atoms with Gasteiger partial charge in [-0.25, -0.2) is 15.0 Å². The van der Waals surface area contributed by atoms with Crippen molar-refractivity contribution in [3.8, 4) is 45.3 Å². The molecule has 0 amide bonds. The van der Waals surface area contributed by atoms with E-state index in [4.69, 9.17) is 23.6 Å². The molecule has 0 aliphatic rings. The van der Waals surface area contributed by atoms with Crippen LogP contribution in [0.15, 0.2) is 156 Å². The van der Waals surface area contributed by atoms with Gasteiger partial charge in [0.1, 0.15) is 11.2 Å². The van der Waals surface area contributed by atoms with E-state index in [0.29, 0.717) is 5.56 Å². The normalized spacial score (nSPS) is 17.2. The molecule has 4 nitrogen and oxygen atoms in total. The Labute approximate surface area is 284 Å². The summed E-state index contributed by atoms with van der Waals surface area (Å²) in [6.45, 7) is 0. The summed E-state index contributed by atoms with van der Waals surface area (Å²) < 4.78 is 164. The summed E-state index contributed by atoms with van der Waals surface area (Å²) in [5.41, 5.74) is -1.96. The molecule has 0 saturated heterocycles. The summed E-state index contributed by atoms with van der Waals surface area (Å²) in [5.74, 6) is -2.00. The average Bonchev–Trinajstić information content (AvgIpc) is 3.67. The highest BCUT2D eigenvalue weighted by molar-refractivity contribution is 6.12. The smallest absolute Gasteiger partial charge is 0.164 e. The molecule has 2 aromatic heterocycles. The Kier molecular flexibility index (Phi) is 3.02. The second kappa shape index (κ2) is 10.2. The third-order valence-electron chi connectivity index (χ3n) is 7.17. The third kappa shape index (κ3) is 4.43. The van der Waals surface area contributed by atoms with Gasteiger partial charge in [0.05, 0.1) is 24.7 Å². The van der Waals surface area contributed by atoms with Crippen LogP contribution >= 0.6 is 0 Å². The van der Waals surface area contributed by atoms with Gasteiger partial charge in [0.25, 0.3) is 0 Å². The molecular formula is C41H25N3O. The number of benzene rings is 7. The quantitative estimate of drug-likeness (QED) is 0.204. The maximum Gasteiger partial charge on any atom is 0.164 e. The molecule has 45 heavy (non-hydrogen) atoms. The Morgan fingerprint density at radius 1 is 0.467 bits per heavy atom. The summed E-state index contributed by atoms with van der Waals surface area (Å²) in [6, 6.07) is 0.0458. The van der Waals surface area contributed by atoms with Crippen LogP contribution in [0.1, 0.15) is 24.7 Å². The van der Waals surface area contributed by atoms with Crippen molar-refractivity contribution in [2.24, 2.45) is 0 Å². The van der Waals surface area contributed by atoms with Gasteiger partial charge in [-0.2, -0.15) is 0 Å². The van der Waals surface area contributed by atoms with Crippen LogP contribution in [0.5, 0.6) is 0 Å². The second-order valence-corrected chi connectivity index (χ2v) is 9.88. The second-order valence-electron chi connectivity index (χ2n) is 9.88. The van der Waals surface area contributed by atoms with E-state index in [1.54, 1.807) is 18.2 Å². The number of rotatable bonds is 4. The van der Waals surface area contributed by atoms with E-state index in [2.05, 4.69) is 15.0 Å². The summed E-state index contributed by atoms with van der Waals surface area (Å²) in [7, 11) is 0. The molecule has 2 heterocycles. The SMILES string of the molecule is [2H]c1c([2H])c([2H])c(-c2nc(-c3c([2H])c([2H])c4c([2H])c([2H])c([2H])c([2H])c4c3[2H])nc(-c3c([2H])c([2H])c([2H])c4oc5c([2H])c(-c6ccc7ccccc7c6)c([2H])c([2H])c5c34)n2)c([2H])c1[2H]. The summed E-state index contributed by atoms with van der Waals surface area (Å²) in [5, 5.41) is 0.218. The molecule has 0 fully saturated rings. The summed E-state index contributed by atoms with van der Waals surface area (Å²) in [6.07, 6.45) is 0. The molecule has 0 unspecified atom stereocenters. The Morgan fingerprint density at radius 2 is 1.22 bits per heavy atom. The lowest BCUT2D eigenvalue weighted by Crippen LogP contribution is -2.00. The Hall–Kier alpha value is -6.13. The van der Waals surface area contributed by atoms with E-state index in [0.717, 1.165) is 10.8 Å². The van der Waals surface area contributed by atoms with Crippen molar-refractivity contribution in [3.05, 3.63) is 151 Å². The molecule has 9 aromatic rings. The molecular weight excluding hydrogens is 550 g/mol. The Bertz CT molecular complexity index is 3540. The zero-order valence-corrected chi connectivity index (χ0v) is 22.8. The molecule has 9 rings (SSSR count). The van der Waals surface area contributed by atoms with Gasteiger partial charge in [-0.05, 0) is 62.9 Å². The van der Waals surface area contributed by atoms with Crippen molar-refractivity contribution in [2.45, 2.75) is 0 Å². The van der Waals surface area contributed by atoms with Crippen molar-refractivity contribution < 1.29 is 29.1 Å². The lowest BCUT2D eigenvalue weighted by Gasteiger charge is -2.10. The number of fused-ring (bicyclic) bond motifs is 5. The molecule has 0 radical (unpaired) electrons. The van der Waals surface area contributed by atoms with E-state index >= 15 is 0 Å². The predicted molar refractivity (Wildman–Crippen MR) is 184 cm³/mol. The largest absolute Gasteiger partial charge is 0.456 e. The fourth-order valence-electron chi connectivity index (χ4n) is 5.07. The van der Waals surface area contributed by atoms with Crippen LogP contribution in [0.2, 0.25) is 0 Å². The molecule has 0 atom stereocenters. The van der Waals surface area contributed by atoms with E-state index in [1.165, 1.54) is 0 Å². The van der Waals surface area contributed by atoms with Gasteiger partial charge < -0.3 is 4.42 Å². The highest BCUT2D eigenvalue weighted by atomic mass is 16.3. The van der Waals surface area contributed by atoms with Crippen molar-refractivity contribution >= 4 is 43.5 Å². The lowest BCUT2D eigenvalue weighted by atomic mass is 9.99. The van der Waals surface area contributed by atoms with Crippen LogP contribution < -0.4 is 0 Å². The highest BCUT2D eigenvalue weighted by Crippen LogP contribution is 2.38. The van der Waals surface area contributed by atoms with Gasteiger partial charge in [-0.3, -0.25) is 0 Å². The minimum Gasteiger partial charge on any atom is -0.456 e. The maximum atomic E-state index is 9.30. The topological polar surface area (TPSA) is 51.8 Å². The van der Waals surface area contributed by atoms with Crippen LogP contribution in [0.3, 0.4) is 0 Å².